The molecule has 0 radical (unpaired) electrons. The maximum atomic E-state index is 5.99. The molecule has 1 aliphatic rings. The molecule has 0 aliphatic carbocycles. The van der Waals surface area contributed by atoms with Gasteiger partial charge in [-0.15, -0.1) is 11.3 Å². The van der Waals surface area contributed by atoms with Gasteiger partial charge in [0.05, 0.1) is 6.04 Å². The zero-order valence-electron chi connectivity index (χ0n) is 10.4. The van der Waals surface area contributed by atoms with Gasteiger partial charge in [-0.05, 0) is 41.3 Å². The molecule has 2 N–H and O–H groups in total. The van der Waals surface area contributed by atoms with Crippen molar-refractivity contribution in [1.82, 2.24) is 9.80 Å². The van der Waals surface area contributed by atoms with Gasteiger partial charge in [0.25, 0.3) is 0 Å². The van der Waals surface area contributed by atoms with E-state index in [1.54, 1.807) is 11.3 Å². The van der Waals surface area contributed by atoms with E-state index in [4.69, 9.17) is 5.73 Å². The van der Waals surface area contributed by atoms with Crippen molar-refractivity contribution in [3.05, 3.63) is 20.8 Å². The van der Waals surface area contributed by atoms with E-state index in [-0.39, 0.29) is 0 Å². The molecule has 17 heavy (non-hydrogen) atoms. The molecule has 1 aliphatic heterocycles. The third-order valence-electron chi connectivity index (χ3n) is 3.45. The van der Waals surface area contributed by atoms with E-state index < -0.39 is 0 Å². The Bertz CT molecular complexity index is 368. The summed E-state index contributed by atoms with van der Waals surface area (Å²) < 4.78 is 1.20. The number of thiophene rings is 1. The van der Waals surface area contributed by atoms with Gasteiger partial charge in [-0.2, -0.15) is 0 Å². The zero-order valence-corrected chi connectivity index (χ0v) is 12.8. The van der Waals surface area contributed by atoms with Crippen LogP contribution in [0.2, 0.25) is 0 Å². The fraction of sp³-hybridized carbons (Fsp3) is 0.667. The molecule has 5 heteroatoms. The molecule has 2 rings (SSSR count). The summed E-state index contributed by atoms with van der Waals surface area (Å²) in [5.41, 5.74) is 5.99. The summed E-state index contributed by atoms with van der Waals surface area (Å²) in [7, 11) is 2.19. The van der Waals surface area contributed by atoms with Gasteiger partial charge in [-0.1, -0.05) is 0 Å². The molecule has 0 bridgehead atoms. The molecule has 1 aromatic heterocycles. The average molecular weight is 318 g/mol. The van der Waals surface area contributed by atoms with Gasteiger partial charge in [0.2, 0.25) is 0 Å². The smallest absolute Gasteiger partial charge is 0.0579 e. The Balaban J connectivity index is 2.16. The number of halogens is 1. The van der Waals surface area contributed by atoms with Crippen molar-refractivity contribution in [3.8, 4) is 0 Å². The number of hydrogen-bond acceptors (Lipinski definition) is 4. The molecule has 0 amide bonds. The highest BCUT2D eigenvalue weighted by molar-refractivity contribution is 9.10. The maximum Gasteiger partial charge on any atom is 0.0579 e. The molecule has 2 heterocycles. The van der Waals surface area contributed by atoms with Gasteiger partial charge >= 0.3 is 0 Å². The Kier molecular flexibility index (Phi) is 4.60. The second-order valence-electron chi connectivity index (χ2n) is 4.73. The number of piperazine rings is 1. The van der Waals surface area contributed by atoms with Crippen LogP contribution in [0.5, 0.6) is 0 Å². The van der Waals surface area contributed by atoms with Gasteiger partial charge in [0.1, 0.15) is 0 Å². The van der Waals surface area contributed by atoms with Gasteiger partial charge in [0.15, 0.2) is 0 Å². The number of rotatable bonds is 3. The highest BCUT2D eigenvalue weighted by Crippen LogP contribution is 2.33. The molecular weight excluding hydrogens is 298 g/mol. The van der Waals surface area contributed by atoms with Crippen molar-refractivity contribution >= 4 is 27.3 Å². The van der Waals surface area contributed by atoms with Crippen molar-refractivity contribution < 1.29 is 0 Å². The van der Waals surface area contributed by atoms with Crippen LogP contribution in [0.3, 0.4) is 0 Å². The zero-order chi connectivity index (χ0) is 12.4. The molecule has 96 valence electrons. The van der Waals surface area contributed by atoms with Crippen molar-refractivity contribution in [2.24, 2.45) is 5.73 Å². The third-order valence-corrected chi connectivity index (χ3v) is 5.43. The Morgan fingerprint density at radius 3 is 2.88 bits per heavy atom. The van der Waals surface area contributed by atoms with E-state index in [2.05, 4.69) is 51.1 Å². The van der Waals surface area contributed by atoms with Crippen LogP contribution in [0.25, 0.3) is 0 Å². The molecule has 2 unspecified atom stereocenters. The molecule has 0 aromatic carbocycles. The minimum Gasteiger partial charge on any atom is -0.329 e. The first-order chi connectivity index (χ1) is 8.13. The fourth-order valence-corrected chi connectivity index (χ4v) is 4.32. The summed E-state index contributed by atoms with van der Waals surface area (Å²) in [5.74, 6) is 0. The molecule has 2 atom stereocenters. The monoisotopic (exact) mass is 317 g/mol. The first kappa shape index (κ1) is 13.5. The summed E-state index contributed by atoms with van der Waals surface area (Å²) in [4.78, 5) is 6.29. The Labute approximate surface area is 116 Å². The lowest BCUT2D eigenvalue weighted by Gasteiger charge is -2.42. The van der Waals surface area contributed by atoms with E-state index in [1.807, 2.05) is 0 Å². The maximum absolute atomic E-state index is 5.99. The summed E-state index contributed by atoms with van der Waals surface area (Å²) in [6, 6.07) is 3.04. The molecule has 3 nitrogen and oxygen atoms in total. The van der Waals surface area contributed by atoms with Crippen molar-refractivity contribution in [3.63, 3.8) is 0 Å². The average Bonchev–Trinajstić information content (AvgIpc) is 2.69. The Hall–Kier alpha value is 0.0600. The minimum atomic E-state index is 0.355. The van der Waals surface area contributed by atoms with Gasteiger partial charge in [0, 0.05) is 41.6 Å². The van der Waals surface area contributed by atoms with Crippen LogP contribution in [-0.2, 0) is 0 Å². The fourth-order valence-electron chi connectivity index (χ4n) is 2.55. The number of nitrogens with two attached hydrogens (primary N) is 1. The molecule has 1 fully saturated rings. The van der Waals surface area contributed by atoms with Crippen LogP contribution in [0, 0.1) is 0 Å². The largest absolute Gasteiger partial charge is 0.329 e. The second-order valence-corrected chi connectivity index (χ2v) is 6.54. The number of nitrogens with zero attached hydrogens (tertiary/aromatic N) is 2. The van der Waals surface area contributed by atoms with Gasteiger partial charge in [-0.25, -0.2) is 0 Å². The number of likely N-dealkylation sites (N-methyl/N-ethyl adjacent to an activating group) is 1. The highest BCUT2D eigenvalue weighted by Gasteiger charge is 2.29. The lowest BCUT2D eigenvalue weighted by atomic mass is 10.1. The lowest BCUT2D eigenvalue weighted by molar-refractivity contribution is 0.0646. The van der Waals surface area contributed by atoms with Crippen LogP contribution < -0.4 is 5.73 Å². The molecule has 1 saturated heterocycles. The van der Waals surface area contributed by atoms with E-state index in [1.165, 1.54) is 9.35 Å². The van der Waals surface area contributed by atoms with E-state index in [9.17, 15) is 0 Å². The quantitative estimate of drug-likeness (QED) is 0.927. The summed E-state index contributed by atoms with van der Waals surface area (Å²) in [5, 5.41) is 2.13. The standard InChI is InChI=1S/C12H20BrN3S/c1-9-8-15(2)4-5-16(9)11(7-14)12-10(13)3-6-17-12/h3,6,9,11H,4-5,7-8,14H2,1-2H3. The predicted molar refractivity (Wildman–Crippen MR) is 77.5 cm³/mol. The van der Waals surface area contributed by atoms with Crippen molar-refractivity contribution in [2.45, 2.75) is 19.0 Å². The topological polar surface area (TPSA) is 32.5 Å². The molecule has 1 aromatic rings. The first-order valence-electron chi connectivity index (χ1n) is 6.00. The van der Waals surface area contributed by atoms with Crippen LogP contribution in [-0.4, -0.2) is 49.1 Å². The molecule has 0 saturated carbocycles. The van der Waals surface area contributed by atoms with Crippen LogP contribution in [0.15, 0.2) is 15.9 Å². The van der Waals surface area contributed by atoms with E-state index in [0.717, 1.165) is 19.6 Å². The summed E-state index contributed by atoms with van der Waals surface area (Å²) in [6.45, 7) is 6.33. The van der Waals surface area contributed by atoms with Crippen molar-refractivity contribution in [2.75, 3.05) is 33.2 Å². The first-order valence-corrected chi connectivity index (χ1v) is 7.68. The van der Waals surface area contributed by atoms with Crippen LogP contribution in [0.4, 0.5) is 0 Å². The van der Waals surface area contributed by atoms with Crippen molar-refractivity contribution in [1.29, 1.82) is 0 Å². The Morgan fingerprint density at radius 2 is 2.35 bits per heavy atom. The Morgan fingerprint density at radius 1 is 1.59 bits per heavy atom. The third kappa shape index (κ3) is 2.90. The lowest BCUT2D eigenvalue weighted by Crippen LogP contribution is -2.52. The minimum absolute atomic E-state index is 0.355. The molecule has 0 spiro atoms. The second kappa shape index (κ2) is 5.80. The van der Waals surface area contributed by atoms with E-state index in [0.29, 0.717) is 18.6 Å². The molecular formula is C12H20BrN3S. The number of hydrogen-bond donors (Lipinski definition) is 1. The summed E-state index contributed by atoms with van der Waals surface area (Å²) >= 11 is 5.42. The van der Waals surface area contributed by atoms with Crippen LogP contribution in [0.1, 0.15) is 17.8 Å². The normalized spacial score (nSPS) is 25.1. The van der Waals surface area contributed by atoms with Gasteiger partial charge < -0.3 is 10.6 Å². The van der Waals surface area contributed by atoms with Gasteiger partial charge in [-0.3, -0.25) is 4.90 Å². The predicted octanol–water partition coefficient (Wildman–Crippen LogP) is 2.15. The highest BCUT2D eigenvalue weighted by atomic mass is 79.9. The summed E-state index contributed by atoms with van der Waals surface area (Å²) in [6.07, 6.45) is 0. The van der Waals surface area contributed by atoms with E-state index >= 15 is 0 Å². The SMILES string of the molecule is CC1CN(C)CCN1C(CN)c1sccc1Br. The van der Waals surface area contributed by atoms with Crippen LogP contribution >= 0.6 is 27.3 Å².